The van der Waals surface area contributed by atoms with Crippen molar-refractivity contribution in [1.82, 2.24) is 0 Å². The molecule has 0 aromatic heterocycles. The van der Waals surface area contributed by atoms with Crippen molar-refractivity contribution in [3.63, 3.8) is 0 Å². The van der Waals surface area contributed by atoms with E-state index in [-0.39, 0.29) is 12.1 Å². The molecule has 0 aliphatic heterocycles. The maximum absolute atomic E-state index is 13.4. The second-order valence-electron chi connectivity index (χ2n) is 4.05. The van der Waals surface area contributed by atoms with Crippen LogP contribution < -0.4 is 5.32 Å². The number of aryl methyl sites for hydroxylation is 1. The molecular formula is C14H12ClF2N. The largest absolute Gasteiger partial charge is 0.380 e. The third-order valence-corrected chi connectivity index (χ3v) is 2.94. The smallest absolute Gasteiger partial charge is 0.163 e. The summed E-state index contributed by atoms with van der Waals surface area (Å²) in [5.74, 6) is -1.67. The molecule has 0 unspecified atom stereocenters. The van der Waals surface area contributed by atoms with Crippen LogP contribution in [0.2, 0.25) is 5.02 Å². The molecule has 0 saturated carbocycles. The Bertz CT molecular complexity index is 570. The number of hydrogen-bond acceptors (Lipinski definition) is 1. The minimum Gasteiger partial charge on any atom is -0.380 e. The van der Waals surface area contributed by atoms with Crippen LogP contribution in [0.4, 0.5) is 14.5 Å². The van der Waals surface area contributed by atoms with E-state index in [9.17, 15) is 8.78 Å². The highest BCUT2D eigenvalue weighted by Crippen LogP contribution is 2.23. The standard InChI is InChI=1S/C14H12ClF2N/c1-9-5-6-13(11(15)7-9)18-8-10-3-2-4-12(16)14(10)17/h2-7,18H,8H2,1H3. The number of nitrogens with one attached hydrogen (secondary N) is 1. The van der Waals surface area contributed by atoms with Gasteiger partial charge in [0, 0.05) is 12.1 Å². The minimum atomic E-state index is -0.843. The van der Waals surface area contributed by atoms with Crippen LogP contribution in [-0.2, 0) is 6.54 Å². The summed E-state index contributed by atoms with van der Waals surface area (Å²) < 4.78 is 26.4. The van der Waals surface area contributed by atoms with Crippen molar-refractivity contribution in [1.29, 1.82) is 0 Å². The maximum Gasteiger partial charge on any atom is 0.163 e. The average Bonchev–Trinajstić information content (AvgIpc) is 2.33. The predicted molar refractivity (Wildman–Crippen MR) is 69.9 cm³/mol. The summed E-state index contributed by atoms with van der Waals surface area (Å²) in [6.45, 7) is 2.12. The summed E-state index contributed by atoms with van der Waals surface area (Å²) in [4.78, 5) is 0. The maximum atomic E-state index is 13.4. The molecule has 0 bridgehead atoms. The van der Waals surface area contributed by atoms with Crippen LogP contribution in [0.15, 0.2) is 36.4 Å². The molecule has 0 aliphatic rings. The highest BCUT2D eigenvalue weighted by molar-refractivity contribution is 6.33. The van der Waals surface area contributed by atoms with Gasteiger partial charge in [-0.05, 0) is 30.7 Å². The van der Waals surface area contributed by atoms with Crippen LogP contribution in [0.3, 0.4) is 0 Å². The number of rotatable bonds is 3. The first kappa shape index (κ1) is 12.8. The van der Waals surface area contributed by atoms with Crippen LogP contribution in [0.25, 0.3) is 0 Å². The van der Waals surface area contributed by atoms with Gasteiger partial charge in [0.1, 0.15) is 0 Å². The van der Waals surface area contributed by atoms with E-state index in [0.717, 1.165) is 11.6 Å². The summed E-state index contributed by atoms with van der Waals surface area (Å²) in [6, 6.07) is 9.63. The lowest BCUT2D eigenvalue weighted by atomic mass is 10.2. The topological polar surface area (TPSA) is 12.0 Å². The number of anilines is 1. The fraction of sp³-hybridized carbons (Fsp3) is 0.143. The van der Waals surface area contributed by atoms with Gasteiger partial charge >= 0.3 is 0 Å². The Labute approximate surface area is 109 Å². The Kier molecular flexibility index (Phi) is 3.82. The lowest BCUT2D eigenvalue weighted by Gasteiger charge is -2.10. The molecule has 0 aliphatic carbocycles. The zero-order valence-electron chi connectivity index (χ0n) is 9.81. The van der Waals surface area contributed by atoms with E-state index in [1.165, 1.54) is 12.1 Å². The molecule has 0 atom stereocenters. The van der Waals surface area contributed by atoms with E-state index in [0.29, 0.717) is 10.7 Å². The molecule has 4 heteroatoms. The Balaban J connectivity index is 2.14. The molecular weight excluding hydrogens is 256 g/mol. The summed E-state index contributed by atoms with van der Waals surface area (Å²) in [5, 5.41) is 3.55. The third-order valence-electron chi connectivity index (χ3n) is 2.63. The van der Waals surface area contributed by atoms with Crippen molar-refractivity contribution in [3.8, 4) is 0 Å². The first-order chi connectivity index (χ1) is 8.58. The second-order valence-corrected chi connectivity index (χ2v) is 4.46. The Morgan fingerprint density at radius 1 is 1.17 bits per heavy atom. The second kappa shape index (κ2) is 5.36. The van der Waals surface area contributed by atoms with Crippen molar-refractivity contribution >= 4 is 17.3 Å². The molecule has 0 heterocycles. The monoisotopic (exact) mass is 267 g/mol. The van der Waals surface area contributed by atoms with Crippen molar-refractivity contribution in [2.24, 2.45) is 0 Å². The fourth-order valence-corrected chi connectivity index (χ4v) is 1.94. The average molecular weight is 268 g/mol. The van der Waals surface area contributed by atoms with Crippen molar-refractivity contribution < 1.29 is 8.78 Å². The van der Waals surface area contributed by atoms with Gasteiger partial charge in [-0.15, -0.1) is 0 Å². The zero-order chi connectivity index (χ0) is 13.1. The van der Waals surface area contributed by atoms with Gasteiger partial charge in [0.2, 0.25) is 0 Å². The first-order valence-electron chi connectivity index (χ1n) is 5.51. The van der Waals surface area contributed by atoms with E-state index in [1.54, 1.807) is 0 Å². The molecule has 0 amide bonds. The summed E-state index contributed by atoms with van der Waals surface area (Å²) in [6.07, 6.45) is 0. The lowest BCUT2D eigenvalue weighted by molar-refractivity contribution is 0.500. The predicted octanol–water partition coefficient (Wildman–Crippen LogP) is 4.54. The fourth-order valence-electron chi connectivity index (χ4n) is 1.64. The Morgan fingerprint density at radius 2 is 1.94 bits per heavy atom. The van der Waals surface area contributed by atoms with Gasteiger partial charge in [-0.2, -0.15) is 0 Å². The molecule has 0 saturated heterocycles. The molecule has 1 nitrogen and oxygen atoms in total. The van der Waals surface area contributed by atoms with E-state index < -0.39 is 11.6 Å². The highest BCUT2D eigenvalue weighted by atomic mass is 35.5. The van der Waals surface area contributed by atoms with Crippen LogP contribution in [-0.4, -0.2) is 0 Å². The molecule has 94 valence electrons. The molecule has 2 aromatic rings. The lowest BCUT2D eigenvalue weighted by Crippen LogP contribution is -2.03. The molecule has 2 aromatic carbocycles. The minimum absolute atomic E-state index is 0.187. The molecule has 1 N–H and O–H groups in total. The molecule has 0 spiro atoms. The Hall–Kier alpha value is -1.61. The highest BCUT2D eigenvalue weighted by Gasteiger charge is 2.07. The Morgan fingerprint density at radius 3 is 2.67 bits per heavy atom. The van der Waals surface area contributed by atoms with Gasteiger partial charge in [0.05, 0.1) is 10.7 Å². The van der Waals surface area contributed by atoms with Crippen LogP contribution >= 0.6 is 11.6 Å². The molecule has 0 fully saturated rings. The van der Waals surface area contributed by atoms with Gasteiger partial charge in [0.15, 0.2) is 11.6 Å². The number of benzene rings is 2. The summed E-state index contributed by atoms with van der Waals surface area (Å²) in [5.41, 5.74) is 2.01. The first-order valence-corrected chi connectivity index (χ1v) is 5.88. The van der Waals surface area contributed by atoms with E-state index in [1.807, 2.05) is 25.1 Å². The normalized spacial score (nSPS) is 10.4. The van der Waals surface area contributed by atoms with Gasteiger partial charge < -0.3 is 5.32 Å². The molecule has 2 rings (SSSR count). The van der Waals surface area contributed by atoms with E-state index in [4.69, 9.17) is 11.6 Å². The van der Waals surface area contributed by atoms with Crippen molar-refractivity contribution in [3.05, 3.63) is 64.2 Å². The number of halogens is 3. The third kappa shape index (κ3) is 2.79. The number of hydrogen-bond donors (Lipinski definition) is 1. The van der Waals surface area contributed by atoms with E-state index >= 15 is 0 Å². The van der Waals surface area contributed by atoms with Crippen LogP contribution in [0.5, 0.6) is 0 Å². The van der Waals surface area contributed by atoms with Crippen LogP contribution in [0, 0.1) is 18.6 Å². The SMILES string of the molecule is Cc1ccc(NCc2cccc(F)c2F)c(Cl)c1. The molecule has 0 radical (unpaired) electrons. The van der Waals surface area contributed by atoms with Crippen LogP contribution in [0.1, 0.15) is 11.1 Å². The molecule has 18 heavy (non-hydrogen) atoms. The summed E-state index contributed by atoms with van der Waals surface area (Å²) in [7, 11) is 0. The van der Waals surface area contributed by atoms with Gasteiger partial charge in [0.25, 0.3) is 0 Å². The summed E-state index contributed by atoms with van der Waals surface area (Å²) >= 11 is 6.04. The van der Waals surface area contributed by atoms with Crippen molar-refractivity contribution in [2.75, 3.05) is 5.32 Å². The zero-order valence-corrected chi connectivity index (χ0v) is 10.6. The quantitative estimate of drug-likeness (QED) is 0.861. The van der Waals surface area contributed by atoms with Gasteiger partial charge in [-0.3, -0.25) is 0 Å². The van der Waals surface area contributed by atoms with Gasteiger partial charge in [-0.25, -0.2) is 8.78 Å². The van der Waals surface area contributed by atoms with Gasteiger partial charge in [-0.1, -0.05) is 29.8 Å². The van der Waals surface area contributed by atoms with Crippen molar-refractivity contribution in [2.45, 2.75) is 13.5 Å². The van der Waals surface area contributed by atoms with E-state index in [2.05, 4.69) is 5.32 Å².